The zero-order chi connectivity index (χ0) is 27.8. The number of nitrogens with zero attached hydrogens (tertiary/aromatic N) is 3. The standard InChI is InChI=1S/C34H34N4O2/c1-20-19-34(2,3)37(4)28-15-12-22(16-25(20)28)32-31-27(36-33-35-26-8-6-7-9-29(26)38(32)33)17-23(18-30(31)39)21-10-13-24(40-5)14-11-21/h6-16,19,23,32H,17-18H2,1-5H3,(H,35,36). The van der Waals surface area contributed by atoms with Crippen LogP contribution >= 0.6 is 0 Å². The number of nitrogens with one attached hydrogen (secondary N) is 1. The van der Waals surface area contributed by atoms with Gasteiger partial charge in [0.25, 0.3) is 0 Å². The number of ketones is 1. The summed E-state index contributed by atoms with van der Waals surface area (Å²) in [5.41, 5.74) is 9.65. The van der Waals surface area contributed by atoms with Crippen molar-refractivity contribution in [1.82, 2.24) is 9.55 Å². The molecule has 1 N–H and O–H groups in total. The van der Waals surface area contributed by atoms with Gasteiger partial charge in [-0.15, -0.1) is 0 Å². The number of hydrogen-bond acceptors (Lipinski definition) is 5. The lowest BCUT2D eigenvalue weighted by atomic mass is 9.77. The van der Waals surface area contributed by atoms with Crippen molar-refractivity contribution in [1.29, 1.82) is 0 Å². The van der Waals surface area contributed by atoms with Crippen LogP contribution in [0.2, 0.25) is 0 Å². The second-order valence-electron chi connectivity index (χ2n) is 11.8. The molecule has 0 fully saturated rings. The molecule has 0 saturated carbocycles. The Kier molecular flexibility index (Phi) is 5.46. The molecule has 0 radical (unpaired) electrons. The number of carbonyl (C=O) groups excluding carboxylic acids is 1. The SMILES string of the molecule is COc1ccc(C2CC(=O)C3=C(C2)Nc2nc4ccccc4n2C3c2ccc3c(c2)C(C)=CC(C)(C)N3C)cc1. The number of methoxy groups -OCH3 is 1. The monoisotopic (exact) mass is 530 g/mol. The highest BCUT2D eigenvalue weighted by atomic mass is 16.5. The number of anilines is 2. The Hall–Kier alpha value is -4.32. The molecular weight excluding hydrogens is 496 g/mol. The Morgan fingerprint density at radius 3 is 2.52 bits per heavy atom. The molecule has 202 valence electrons. The van der Waals surface area contributed by atoms with Gasteiger partial charge in [-0.25, -0.2) is 4.98 Å². The van der Waals surface area contributed by atoms with E-state index >= 15 is 0 Å². The van der Waals surface area contributed by atoms with Gasteiger partial charge in [-0.05, 0) is 86.2 Å². The number of likely N-dealkylation sites (N-methyl/N-ethyl adjacent to an activating group) is 1. The van der Waals surface area contributed by atoms with Crippen LogP contribution in [0, 0.1) is 0 Å². The molecule has 2 aliphatic heterocycles. The number of fused-ring (bicyclic) bond motifs is 4. The van der Waals surface area contributed by atoms with Gasteiger partial charge in [0.2, 0.25) is 5.95 Å². The highest BCUT2D eigenvalue weighted by Gasteiger charge is 2.40. The van der Waals surface area contributed by atoms with E-state index in [1.807, 2.05) is 30.3 Å². The van der Waals surface area contributed by atoms with Crippen LogP contribution in [-0.2, 0) is 4.79 Å². The maximum atomic E-state index is 14.1. The predicted octanol–water partition coefficient (Wildman–Crippen LogP) is 7.09. The molecule has 3 heterocycles. The Balaban J connectivity index is 1.38. The summed E-state index contributed by atoms with van der Waals surface area (Å²) in [7, 11) is 3.82. The maximum absolute atomic E-state index is 14.1. The van der Waals surface area contributed by atoms with E-state index in [-0.39, 0.29) is 23.3 Å². The molecule has 1 aliphatic carbocycles. The van der Waals surface area contributed by atoms with E-state index in [4.69, 9.17) is 9.72 Å². The number of carbonyl (C=O) groups is 1. The number of hydrogen-bond donors (Lipinski definition) is 1. The average Bonchev–Trinajstić information content (AvgIpc) is 3.32. The second-order valence-corrected chi connectivity index (χ2v) is 11.8. The summed E-state index contributed by atoms with van der Waals surface area (Å²) in [5, 5.41) is 3.60. The van der Waals surface area contributed by atoms with E-state index in [9.17, 15) is 4.79 Å². The van der Waals surface area contributed by atoms with Crippen molar-refractivity contribution in [3.05, 3.63) is 101 Å². The molecule has 3 aromatic carbocycles. The van der Waals surface area contributed by atoms with Crippen molar-refractivity contribution < 1.29 is 9.53 Å². The highest BCUT2D eigenvalue weighted by molar-refractivity contribution is 6.01. The summed E-state index contributed by atoms with van der Waals surface area (Å²) in [6.45, 7) is 6.66. The lowest BCUT2D eigenvalue weighted by Crippen LogP contribution is -2.42. The zero-order valence-electron chi connectivity index (χ0n) is 23.7. The lowest BCUT2D eigenvalue weighted by Gasteiger charge is -2.41. The van der Waals surface area contributed by atoms with Crippen LogP contribution < -0.4 is 15.0 Å². The number of Topliss-reactive ketones (excluding diaryl/α,β-unsaturated/α-hetero) is 1. The van der Waals surface area contributed by atoms with Crippen molar-refractivity contribution in [3.63, 3.8) is 0 Å². The van der Waals surface area contributed by atoms with Crippen molar-refractivity contribution in [2.24, 2.45) is 0 Å². The summed E-state index contributed by atoms with van der Waals surface area (Å²) in [4.78, 5) is 21.4. The van der Waals surface area contributed by atoms with E-state index < -0.39 is 0 Å². The molecule has 2 unspecified atom stereocenters. The molecule has 0 amide bonds. The molecule has 0 saturated heterocycles. The van der Waals surface area contributed by atoms with Gasteiger partial charge in [0.1, 0.15) is 5.75 Å². The third-order valence-corrected chi connectivity index (χ3v) is 9.04. The van der Waals surface area contributed by atoms with Crippen LogP contribution in [0.25, 0.3) is 16.6 Å². The first kappa shape index (κ1) is 24.7. The van der Waals surface area contributed by atoms with Crippen LogP contribution in [0.4, 0.5) is 11.6 Å². The first-order valence-corrected chi connectivity index (χ1v) is 14.0. The summed E-state index contributed by atoms with van der Waals surface area (Å²) in [6, 6.07) is 22.7. The number of para-hydroxylation sites is 2. The number of ether oxygens (including phenoxy) is 1. The van der Waals surface area contributed by atoms with Gasteiger partial charge in [0.15, 0.2) is 5.78 Å². The Morgan fingerprint density at radius 1 is 1.00 bits per heavy atom. The third-order valence-electron chi connectivity index (χ3n) is 9.04. The number of benzene rings is 3. The van der Waals surface area contributed by atoms with Gasteiger partial charge in [-0.3, -0.25) is 9.36 Å². The Labute approximate surface area is 235 Å². The summed E-state index contributed by atoms with van der Waals surface area (Å²) in [5.74, 6) is 1.90. The molecule has 6 heteroatoms. The number of imidazole rings is 1. The van der Waals surface area contributed by atoms with Crippen molar-refractivity contribution in [3.8, 4) is 5.75 Å². The van der Waals surface area contributed by atoms with Crippen molar-refractivity contribution in [2.75, 3.05) is 24.4 Å². The largest absolute Gasteiger partial charge is 0.497 e. The normalized spacial score (nSPS) is 21.4. The number of aromatic nitrogens is 2. The molecule has 40 heavy (non-hydrogen) atoms. The van der Waals surface area contributed by atoms with E-state index in [1.165, 1.54) is 16.8 Å². The average molecular weight is 531 g/mol. The van der Waals surface area contributed by atoms with E-state index in [0.717, 1.165) is 51.5 Å². The fourth-order valence-corrected chi connectivity index (χ4v) is 6.80. The minimum Gasteiger partial charge on any atom is -0.497 e. The Bertz CT molecular complexity index is 1740. The first-order chi connectivity index (χ1) is 19.2. The summed E-state index contributed by atoms with van der Waals surface area (Å²) < 4.78 is 7.57. The van der Waals surface area contributed by atoms with Gasteiger partial charge >= 0.3 is 0 Å². The topological polar surface area (TPSA) is 59.4 Å². The zero-order valence-corrected chi connectivity index (χ0v) is 23.7. The molecule has 1 aromatic heterocycles. The van der Waals surface area contributed by atoms with Crippen LogP contribution in [-0.4, -0.2) is 35.0 Å². The molecule has 2 atom stereocenters. The van der Waals surface area contributed by atoms with Crippen LogP contribution in [0.15, 0.2) is 84.1 Å². The molecule has 3 aliphatic rings. The van der Waals surface area contributed by atoms with Gasteiger partial charge < -0.3 is 15.0 Å². The fraction of sp³-hybridized carbons (Fsp3) is 0.294. The molecule has 4 aromatic rings. The van der Waals surface area contributed by atoms with Gasteiger partial charge in [0.05, 0.1) is 29.7 Å². The minimum atomic E-state index is -0.249. The quantitative estimate of drug-likeness (QED) is 0.306. The Morgan fingerprint density at radius 2 is 1.75 bits per heavy atom. The molecule has 6 nitrogen and oxygen atoms in total. The van der Waals surface area contributed by atoms with Gasteiger partial charge in [0, 0.05) is 36.0 Å². The van der Waals surface area contributed by atoms with Gasteiger partial charge in [-0.2, -0.15) is 0 Å². The minimum absolute atomic E-state index is 0.0629. The lowest BCUT2D eigenvalue weighted by molar-refractivity contribution is -0.116. The van der Waals surface area contributed by atoms with E-state index in [1.54, 1.807) is 7.11 Å². The van der Waals surface area contributed by atoms with Crippen LogP contribution in [0.5, 0.6) is 5.75 Å². The molecule has 0 spiro atoms. The second kappa shape index (κ2) is 8.85. The smallest absolute Gasteiger partial charge is 0.209 e. The number of rotatable bonds is 3. The predicted molar refractivity (Wildman–Crippen MR) is 161 cm³/mol. The van der Waals surface area contributed by atoms with Crippen molar-refractivity contribution in [2.45, 2.75) is 51.1 Å². The highest BCUT2D eigenvalue weighted by Crippen LogP contribution is 2.47. The fourth-order valence-electron chi connectivity index (χ4n) is 6.80. The van der Waals surface area contributed by atoms with E-state index in [0.29, 0.717) is 6.42 Å². The maximum Gasteiger partial charge on any atom is 0.209 e. The third kappa shape index (κ3) is 3.69. The number of allylic oxidation sites excluding steroid dienone is 3. The molecular formula is C34H34N4O2. The van der Waals surface area contributed by atoms with Crippen LogP contribution in [0.3, 0.4) is 0 Å². The first-order valence-electron chi connectivity index (χ1n) is 14.0. The molecule has 0 bridgehead atoms. The summed E-state index contributed by atoms with van der Waals surface area (Å²) in [6.07, 6.45) is 3.56. The van der Waals surface area contributed by atoms with Crippen molar-refractivity contribution >= 4 is 34.0 Å². The molecule has 7 rings (SSSR count). The summed E-state index contributed by atoms with van der Waals surface area (Å²) >= 11 is 0. The van der Waals surface area contributed by atoms with Gasteiger partial charge in [-0.1, -0.05) is 36.4 Å². The van der Waals surface area contributed by atoms with Crippen LogP contribution in [0.1, 0.15) is 62.3 Å². The van der Waals surface area contributed by atoms with E-state index in [2.05, 4.69) is 85.1 Å².